The molecule has 0 bridgehead atoms. The topological polar surface area (TPSA) is 54.2 Å². The largest absolute Gasteiger partial charge is 0.346 e. The van der Waals surface area contributed by atoms with Crippen LogP contribution in [0.2, 0.25) is 5.02 Å². The molecule has 5 rings (SSSR count). The predicted octanol–water partition coefficient (Wildman–Crippen LogP) is 5.66. The summed E-state index contributed by atoms with van der Waals surface area (Å²) in [4.78, 5) is 4.68. The van der Waals surface area contributed by atoms with E-state index < -0.39 is 0 Å². The van der Waals surface area contributed by atoms with Gasteiger partial charge in [0.2, 0.25) is 0 Å². The molecule has 1 fully saturated rings. The number of hydrogen-bond donors (Lipinski definition) is 1. The number of nitrogens with one attached hydrogen (secondary N) is 1. The molecule has 1 N–H and O–H groups in total. The Kier molecular flexibility index (Phi) is 7.95. The fourth-order valence-corrected chi connectivity index (χ4v) is 5.49. The van der Waals surface area contributed by atoms with Gasteiger partial charge in [-0.2, -0.15) is 10.2 Å². The van der Waals surface area contributed by atoms with Crippen LogP contribution >= 0.6 is 39.7 Å². The molecule has 37 heavy (non-hydrogen) atoms. The molecule has 7 nitrogen and oxygen atoms in total. The molecule has 10 heteroatoms. The third kappa shape index (κ3) is 5.90. The molecule has 2 aromatic heterocycles. The zero-order valence-corrected chi connectivity index (χ0v) is 24.0. The van der Waals surface area contributed by atoms with Gasteiger partial charge in [0.05, 0.1) is 22.4 Å². The first kappa shape index (κ1) is 25.9. The summed E-state index contributed by atoms with van der Waals surface area (Å²) in [7, 11) is 0. The van der Waals surface area contributed by atoms with E-state index in [-0.39, 0.29) is 0 Å². The quantitative estimate of drug-likeness (QED) is 0.289. The van der Waals surface area contributed by atoms with Crippen LogP contribution in [0.3, 0.4) is 0 Å². The Balaban J connectivity index is 1.17. The van der Waals surface area contributed by atoms with E-state index >= 15 is 0 Å². The first-order valence-electron chi connectivity index (χ1n) is 12.2. The summed E-state index contributed by atoms with van der Waals surface area (Å²) in [6.45, 7) is 9.30. The molecule has 4 aromatic rings. The lowest BCUT2D eigenvalue weighted by Gasteiger charge is -2.36. The summed E-state index contributed by atoms with van der Waals surface area (Å²) in [5.74, 6) is 0.707. The zero-order valence-electron chi connectivity index (χ0n) is 20.9. The maximum absolute atomic E-state index is 6.31. The normalized spacial score (nSPS) is 14.2. The number of thiocarbonyl (C=S) groups is 1. The molecule has 1 aliphatic rings. The molecule has 1 saturated heterocycles. The van der Waals surface area contributed by atoms with Crippen molar-refractivity contribution >= 4 is 50.7 Å². The minimum absolute atomic E-state index is 0.588. The fourth-order valence-electron chi connectivity index (χ4n) is 4.60. The molecule has 0 radical (unpaired) electrons. The molecule has 0 saturated carbocycles. The molecular formula is C27H29BrClN7S. The van der Waals surface area contributed by atoms with Crippen LogP contribution in [0.15, 0.2) is 65.3 Å². The van der Waals surface area contributed by atoms with Gasteiger partial charge in [-0.25, -0.2) is 4.68 Å². The van der Waals surface area contributed by atoms with Gasteiger partial charge in [-0.15, -0.1) is 0 Å². The monoisotopic (exact) mass is 597 g/mol. The van der Waals surface area contributed by atoms with E-state index in [2.05, 4.69) is 62.1 Å². The van der Waals surface area contributed by atoms with Crippen molar-refractivity contribution in [2.45, 2.75) is 26.9 Å². The molecule has 0 unspecified atom stereocenters. The Labute approximate surface area is 236 Å². The Morgan fingerprint density at radius 1 is 0.973 bits per heavy atom. The first-order chi connectivity index (χ1) is 17.9. The van der Waals surface area contributed by atoms with Crippen molar-refractivity contribution in [3.05, 3.63) is 92.8 Å². The van der Waals surface area contributed by atoms with E-state index in [0.717, 1.165) is 59.2 Å². The lowest BCUT2D eigenvalue weighted by Crippen LogP contribution is -2.49. The molecular weight excluding hydrogens is 570 g/mol. The highest BCUT2D eigenvalue weighted by Crippen LogP contribution is 2.24. The minimum Gasteiger partial charge on any atom is -0.346 e. The summed E-state index contributed by atoms with van der Waals surface area (Å²) in [5.41, 5.74) is 5.69. The number of halogens is 2. The summed E-state index contributed by atoms with van der Waals surface area (Å²) in [5, 5.41) is 14.2. The number of aryl methyl sites for hydroxylation is 1. The number of nitrogens with zero attached hydrogens (tertiary/aromatic N) is 6. The smallest absolute Gasteiger partial charge is 0.174 e. The zero-order chi connectivity index (χ0) is 25.9. The van der Waals surface area contributed by atoms with Crippen molar-refractivity contribution in [1.82, 2.24) is 29.4 Å². The molecule has 0 amide bonds. The number of hydrogen-bond acceptors (Lipinski definition) is 4. The second-order valence-electron chi connectivity index (χ2n) is 9.20. The average molecular weight is 599 g/mol. The van der Waals surface area contributed by atoms with Crippen LogP contribution in [0, 0.1) is 13.8 Å². The fraction of sp³-hybridized carbons (Fsp3) is 0.296. The van der Waals surface area contributed by atoms with Gasteiger partial charge in [0.1, 0.15) is 0 Å². The standard InChI is InChI=1S/C27H29BrClN7S/c1-19-23(20(2)36(31-19)22-9-4-3-5-10-22)17-33-12-14-34(15-13-33)27(37)30-26-24(28)18-35(32-26)16-21-8-6-7-11-25(21)29/h3-11,18H,12-17H2,1-2H3,(H,30,32,37). The number of anilines is 1. The molecule has 1 aliphatic heterocycles. The molecule has 2 aromatic carbocycles. The average Bonchev–Trinajstić information content (AvgIpc) is 3.39. The van der Waals surface area contributed by atoms with Crippen LogP contribution in [0.1, 0.15) is 22.5 Å². The number of para-hydroxylation sites is 1. The third-order valence-electron chi connectivity index (χ3n) is 6.72. The summed E-state index contributed by atoms with van der Waals surface area (Å²) in [6, 6.07) is 18.1. The van der Waals surface area contributed by atoms with Crippen LogP contribution < -0.4 is 5.32 Å². The van der Waals surface area contributed by atoms with E-state index in [4.69, 9.17) is 28.9 Å². The van der Waals surface area contributed by atoms with Crippen LogP contribution in [0.25, 0.3) is 5.69 Å². The number of rotatable bonds is 6. The number of benzene rings is 2. The highest BCUT2D eigenvalue weighted by Gasteiger charge is 2.23. The molecule has 0 atom stereocenters. The minimum atomic E-state index is 0.588. The molecule has 3 heterocycles. The molecule has 0 spiro atoms. The van der Waals surface area contributed by atoms with Crippen molar-refractivity contribution in [2.24, 2.45) is 0 Å². The van der Waals surface area contributed by atoms with Crippen molar-refractivity contribution < 1.29 is 0 Å². The van der Waals surface area contributed by atoms with E-state index in [9.17, 15) is 0 Å². The Hall–Kier alpha value is -2.72. The predicted molar refractivity (Wildman–Crippen MR) is 157 cm³/mol. The lowest BCUT2D eigenvalue weighted by molar-refractivity contribution is 0.176. The maximum atomic E-state index is 6.31. The second-order valence-corrected chi connectivity index (χ2v) is 10.9. The van der Waals surface area contributed by atoms with Crippen LogP contribution in [-0.4, -0.2) is 60.7 Å². The third-order valence-corrected chi connectivity index (χ3v) is 8.03. The van der Waals surface area contributed by atoms with Gasteiger partial charge in [0, 0.05) is 55.2 Å². The van der Waals surface area contributed by atoms with Crippen molar-refractivity contribution in [3.63, 3.8) is 0 Å². The number of piperazine rings is 1. The van der Waals surface area contributed by atoms with Gasteiger partial charge in [0.25, 0.3) is 0 Å². The van der Waals surface area contributed by atoms with Gasteiger partial charge in [-0.3, -0.25) is 9.58 Å². The first-order valence-corrected chi connectivity index (χ1v) is 13.8. The lowest BCUT2D eigenvalue weighted by atomic mass is 10.1. The Morgan fingerprint density at radius 3 is 2.41 bits per heavy atom. The van der Waals surface area contributed by atoms with Gasteiger partial charge in [0.15, 0.2) is 10.9 Å². The van der Waals surface area contributed by atoms with Gasteiger partial charge < -0.3 is 10.2 Å². The maximum Gasteiger partial charge on any atom is 0.174 e. The van der Waals surface area contributed by atoms with Crippen LogP contribution in [0.4, 0.5) is 5.82 Å². The highest BCUT2D eigenvalue weighted by atomic mass is 79.9. The van der Waals surface area contributed by atoms with Crippen molar-refractivity contribution in [2.75, 3.05) is 31.5 Å². The number of aromatic nitrogens is 4. The van der Waals surface area contributed by atoms with Crippen molar-refractivity contribution in [3.8, 4) is 5.69 Å². The summed E-state index contributed by atoms with van der Waals surface area (Å²) in [6.07, 6.45) is 1.94. The Bertz CT molecular complexity index is 1390. The van der Waals surface area contributed by atoms with E-state index in [1.54, 1.807) is 0 Å². The van der Waals surface area contributed by atoms with E-state index in [1.165, 1.54) is 11.3 Å². The Morgan fingerprint density at radius 2 is 1.68 bits per heavy atom. The second kappa shape index (κ2) is 11.3. The van der Waals surface area contributed by atoms with Crippen LogP contribution in [0.5, 0.6) is 0 Å². The van der Waals surface area contributed by atoms with Crippen molar-refractivity contribution in [1.29, 1.82) is 0 Å². The summed E-state index contributed by atoms with van der Waals surface area (Å²) >= 11 is 15.7. The van der Waals surface area contributed by atoms with E-state index in [1.807, 2.05) is 58.0 Å². The van der Waals surface area contributed by atoms with Gasteiger partial charge >= 0.3 is 0 Å². The summed E-state index contributed by atoms with van der Waals surface area (Å²) < 4.78 is 4.76. The molecule has 0 aliphatic carbocycles. The van der Waals surface area contributed by atoms with Gasteiger partial charge in [-0.1, -0.05) is 48.0 Å². The van der Waals surface area contributed by atoms with E-state index in [0.29, 0.717) is 17.5 Å². The SMILES string of the molecule is Cc1nn(-c2ccccc2)c(C)c1CN1CCN(C(=S)Nc2nn(Cc3ccccc3Cl)cc2Br)CC1. The highest BCUT2D eigenvalue weighted by molar-refractivity contribution is 9.10. The molecule has 192 valence electrons. The van der Waals surface area contributed by atoms with Gasteiger partial charge in [-0.05, 0) is 65.8 Å². The van der Waals surface area contributed by atoms with Crippen LogP contribution in [-0.2, 0) is 13.1 Å².